The highest BCUT2D eigenvalue weighted by Gasteiger charge is 2.36. The monoisotopic (exact) mass is 454 g/mol. The Kier molecular flexibility index (Phi) is 6.32. The predicted molar refractivity (Wildman–Crippen MR) is 135 cm³/mol. The number of fused-ring (bicyclic) bond motifs is 1. The third kappa shape index (κ3) is 4.68. The maximum absolute atomic E-state index is 13.7. The summed E-state index contributed by atoms with van der Waals surface area (Å²) in [6, 6.07) is 26.4. The molecule has 2 aliphatic heterocycles. The van der Waals surface area contributed by atoms with Crippen LogP contribution in [-0.2, 0) is 17.9 Å². The second-order valence-electron chi connectivity index (χ2n) is 9.10. The zero-order valence-electron chi connectivity index (χ0n) is 19.5. The topological polar surface area (TPSA) is 55.9 Å². The average Bonchev–Trinajstić information content (AvgIpc) is 2.85. The Morgan fingerprint density at radius 2 is 1.68 bits per heavy atom. The molecule has 2 heterocycles. The fourth-order valence-electron chi connectivity index (χ4n) is 5.06. The van der Waals surface area contributed by atoms with Gasteiger partial charge in [0.25, 0.3) is 0 Å². The second-order valence-corrected chi connectivity index (χ2v) is 9.10. The quantitative estimate of drug-likeness (QED) is 0.563. The van der Waals surface area contributed by atoms with Crippen LogP contribution in [0.5, 0.6) is 0 Å². The van der Waals surface area contributed by atoms with Gasteiger partial charge in [0, 0.05) is 44.8 Å². The van der Waals surface area contributed by atoms with Crippen LogP contribution in [0.2, 0.25) is 0 Å². The van der Waals surface area contributed by atoms with E-state index in [2.05, 4.69) is 27.2 Å². The van der Waals surface area contributed by atoms with Crippen molar-refractivity contribution in [1.82, 2.24) is 9.80 Å². The average molecular weight is 455 g/mol. The van der Waals surface area contributed by atoms with Crippen LogP contribution in [-0.4, -0.2) is 40.9 Å². The standard InChI is InChI=1S/C28H30N4O2/c1-21(33)29-24-10-7-8-22(18-24)19-30-16-14-25(15-17-30)31-20-23-9-5-6-13-27(23)32(28(31)34)26-11-3-2-4-12-26/h2-13,18,25H,14-17,19-20H2,1H3,(H,29,33). The Morgan fingerprint density at radius 3 is 2.44 bits per heavy atom. The molecule has 1 fully saturated rings. The molecule has 1 N–H and O–H groups in total. The van der Waals surface area contributed by atoms with Gasteiger partial charge < -0.3 is 10.2 Å². The molecule has 0 aromatic heterocycles. The SMILES string of the molecule is CC(=O)Nc1cccc(CN2CCC(N3Cc4ccccc4N(c4ccccc4)C3=O)CC2)c1. The summed E-state index contributed by atoms with van der Waals surface area (Å²) >= 11 is 0. The van der Waals surface area contributed by atoms with Crippen LogP contribution >= 0.6 is 0 Å². The van der Waals surface area contributed by atoms with Crippen molar-refractivity contribution in [3.05, 3.63) is 90.0 Å². The van der Waals surface area contributed by atoms with E-state index in [1.54, 1.807) is 0 Å². The van der Waals surface area contributed by atoms with Gasteiger partial charge in [-0.1, -0.05) is 48.5 Å². The maximum atomic E-state index is 13.7. The molecule has 3 aromatic rings. The fraction of sp³-hybridized carbons (Fsp3) is 0.286. The number of amides is 3. The van der Waals surface area contributed by atoms with Crippen molar-refractivity contribution in [2.75, 3.05) is 23.3 Å². The first-order valence-corrected chi connectivity index (χ1v) is 11.9. The highest BCUT2D eigenvalue weighted by molar-refractivity contribution is 6.01. The number of urea groups is 1. The maximum Gasteiger partial charge on any atom is 0.329 e. The lowest BCUT2D eigenvalue weighted by Crippen LogP contribution is -2.52. The van der Waals surface area contributed by atoms with Crippen molar-refractivity contribution >= 4 is 29.0 Å². The number of hydrogen-bond acceptors (Lipinski definition) is 3. The number of hydrogen-bond donors (Lipinski definition) is 1. The Labute approximate surface area is 200 Å². The Balaban J connectivity index is 1.28. The molecular weight excluding hydrogens is 424 g/mol. The summed E-state index contributed by atoms with van der Waals surface area (Å²) in [4.78, 5) is 31.4. The van der Waals surface area contributed by atoms with Crippen LogP contribution < -0.4 is 10.2 Å². The smallest absolute Gasteiger partial charge is 0.326 e. The largest absolute Gasteiger partial charge is 0.329 e. The molecule has 6 heteroatoms. The molecule has 1 saturated heterocycles. The van der Waals surface area contributed by atoms with Crippen molar-refractivity contribution in [2.45, 2.75) is 38.9 Å². The molecule has 0 bridgehead atoms. The molecule has 0 radical (unpaired) electrons. The van der Waals surface area contributed by atoms with Crippen molar-refractivity contribution in [2.24, 2.45) is 0 Å². The van der Waals surface area contributed by atoms with E-state index in [1.165, 1.54) is 18.1 Å². The minimum atomic E-state index is -0.0599. The number of likely N-dealkylation sites (tertiary alicyclic amines) is 1. The van der Waals surface area contributed by atoms with Crippen LogP contribution in [0.3, 0.4) is 0 Å². The Hall–Kier alpha value is -3.64. The van der Waals surface area contributed by atoms with Crippen LogP contribution in [0.25, 0.3) is 0 Å². The van der Waals surface area contributed by atoms with Crippen LogP contribution in [0.4, 0.5) is 21.9 Å². The summed E-state index contributed by atoms with van der Waals surface area (Å²) in [6.07, 6.45) is 1.89. The Bertz CT molecular complexity index is 1170. The molecule has 0 saturated carbocycles. The molecular formula is C28H30N4O2. The van der Waals surface area contributed by atoms with Gasteiger partial charge >= 0.3 is 6.03 Å². The van der Waals surface area contributed by atoms with Gasteiger partial charge in [0.05, 0.1) is 11.4 Å². The zero-order valence-corrected chi connectivity index (χ0v) is 19.5. The molecule has 34 heavy (non-hydrogen) atoms. The summed E-state index contributed by atoms with van der Waals surface area (Å²) in [5.74, 6) is -0.0599. The molecule has 5 rings (SSSR count). The molecule has 3 aromatic carbocycles. The van der Waals surface area contributed by atoms with Gasteiger partial charge in [-0.15, -0.1) is 0 Å². The predicted octanol–water partition coefficient (Wildman–Crippen LogP) is 5.38. The van der Waals surface area contributed by atoms with Gasteiger partial charge in [-0.3, -0.25) is 14.6 Å². The first-order valence-electron chi connectivity index (χ1n) is 11.9. The molecule has 0 aliphatic carbocycles. The van der Waals surface area contributed by atoms with E-state index < -0.39 is 0 Å². The fourth-order valence-corrected chi connectivity index (χ4v) is 5.06. The number of carbonyl (C=O) groups is 2. The zero-order chi connectivity index (χ0) is 23.5. The van der Waals surface area contributed by atoms with E-state index >= 15 is 0 Å². The molecule has 0 spiro atoms. The van der Waals surface area contributed by atoms with Crippen molar-refractivity contribution in [3.8, 4) is 0 Å². The summed E-state index contributed by atoms with van der Waals surface area (Å²) in [5.41, 5.74) is 5.08. The first kappa shape index (κ1) is 22.2. The highest BCUT2D eigenvalue weighted by Crippen LogP contribution is 2.36. The van der Waals surface area contributed by atoms with Gasteiger partial charge in [0.2, 0.25) is 5.91 Å². The van der Waals surface area contributed by atoms with Gasteiger partial charge in [-0.2, -0.15) is 0 Å². The van der Waals surface area contributed by atoms with E-state index in [1.807, 2.05) is 71.6 Å². The minimum Gasteiger partial charge on any atom is -0.326 e. The highest BCUT2D eigenvalue weighted by atomic mass is 16.2. The van der Waals surface area contributed by atoms with E-state index in [0.717, 1.165) is 49.5 Å². The second kappa shape index (κ2) is 9.69. The van der Waals surface area contributed by atoms with E-state index in [-0.39, 0.29) is 18.0 Å². The molecule has 174 valence electrons. The molecule has 2 aliphatic rings. The number of anilines is 3. The summed E-state index contributed by atoms with van der Waals surface area (Å²) in [7, 11) is 0. The van der Waals surface area contributed by atoms with Crippen molar-refractivity contribution in [3.63, 3.8) is 0 Å². The van der Waals surface area contributed by atoms with Gasteiger partial charge in [-0.05, 0) is 54.3 Å². The molecule has 6 nitrogen and oxygen atoms in total. The number of carbonyl (C=O) groups excluding carboxylic acids is 2. The molecule has 0 atom stereocenters. The third-order valence-corrected chi connectivity index (χ3v) is 6.68. The number of para-hydroxylation sites is 2. The van der Waals surface area contributed by atoms with E-state index in [9.17, 15) is 9.59 Å². The lowest BCUT2D eigenvalue weighted by atomic mass is 9.99. The number of rotatable bonds is 5. The number of nitrogens with one attached hydrogen (secondary N) is 1. The van der Waals surface area contributed by atoms with E-state index in [4.69, 9.17) is 0 Å². The van der Waals surface area contributed by atoms with Crippen LogP contribution in [0.1, 0.15) is 30.9 Å². The number of nitrogens with zero attached hydrogens (tertiary/aromatic N) is 3. The first-order chi connectivity index (χ1) is 16.6. The number of benzene rings is 3. The summed E-state index contributed by atoms with van der Waals surface area (Å²) < 4.78 is 0. The van der Waals surface area contributed by atoms with Gasteiger partial charge in [0.1, 0.15) is 0 Å². The van der Waals surface area contributed by atoms with Crippen LogP contribution in [0.15, 0.2) is 78.9 Å². The summed E-state index contributed by atoms with van der Waals surface area (Å²) in [5, 5.41) is 2.86. The normalized spacial score (nSPS) is 16.9. The molecule has 0 unspecified atom stereocenters. The molecule has 3 amide bonds. The van der Waals surface area contributed by atoms with Crippen LogP contribution in [0, 0.1) is 0 Å². The summed E-state index contributed by atoms with van der Waals surface area (Å²) in [6.45, 7) is 4.89. The third-order valence-electron chi connectivity index (χ3n) is 6.68. The van der Waals surface area contributed by atoms with E-state index in [0.29, 0.717) is 6.54 Å². The minimum absolute atomic E-state index is 0.0599. The van der Waals surface area contributed by atoms with Gasteiger partial charge in [0.15, 0.2) is 0 Å². The van der Waals surface area contributed by atoms with Crippen molar-refractivity contribution < 1.29 is 9.59 Å². The number of piperidine rings is 1. The van der Waals surface area contributed by atoms with Crippen molar-refractivity contribution in [1.29, 1.82) is 0 Å². The lowest BCUT2D eigenvalue weighted by molar-refractivity contribution is -0.114. The lowest BCUT2D eigenvalue weighted by Gasteiger charge is -2.44. The van der Waals surface area contributed by atoms with Gasteiger partial charge in [-0.25, -0.2) is 4.79 Å². The Morgan fingerprint density at radius 1 is 0.941 bits per heavy atom.